The van der Waals surface area contributed by atoms with Gasteiger partial charge in [-0.25, -0.2) is 0 Å². The summed E-state index contributed by atoms with van der Waals surface area (Å²) in [5.41, 5.74) is 6.05. The van der Waals surface area contributed by atoms with Gasteiger partial charge in [-0.1, -0.05) is 20.3 Å². The quantitative estimate of drug-likeness (QED) is 0.713. The van der Waals surface area contributed by atoms with Gasteiger partial charge in [0.15, 0.2) is 0 Å². The first-order valence-electron chi connectivity index (χ1n) is 5.59. The molecule has 0 saturated carbocycles. The Kier molecular flexibility index (Phi) is 4.74. The standard InChI is InChI=1S/C11H23NO/c1-3-9(2)7-10(12)8-11-5-4-6-13-11/h9-11H,3-8,12H2,1-2H3. The lowest BCUT2D eigenvalue weighted by Crippen LogP contribution is -2.27. The third-order valence-electron chi connectivity index (χ3n) is 2.99. The van der Waals surface area contributed by atoms with Gasteiger partial charge in [-0.05, 0) is 31.6 Å². The minimum atomic E-state index is 0.345. The SMILES string of the molecule is CCC(C)CC(N)CC1CCCO1. The van der Waals surface area contributed by atoms with Crippen LogP contribution in [-0.2, 0) is 4.74 Å². The molecular formula is C11H23NO. The summed E-state index contributed by atoms with van der Waals surface area (Å²) in [5, 5.41) is 0. The predicted molar refractivity (Wildman–Crippen MR) is 55.6 cm³/mol. The Morgan fingerprint density at radius 1 is 1.54 bits per heavy atom. The van der Waals surface area contributed by atoms with Crippen molar-refractivity contribution in [3.05, 3.63) is 0 Å². The molecule has 0 amide bonds. The van der Waals surface area contributed by atoms with Gasteiger partial charge in [-0.2, -0.15) is 0 Å². The number of ether oxygens (including phenoxy) is 1. The fourth-order valence-electron chi connectivity index (χ4n) is 1.95. The first-order valence-corrected chi connectivity index (χ1v) is 5.59. The van der Waals surface area contributed by atoms with Crippen LogP contribution >= 0.6 is 0 Å². The predicted octanol–water partition coefficient (Wildman–Crippen LogP) is 2.32. The number of hydrogen-bond acceptors (Lipinski definition) is 2. The summed E-state index contributed by atoms with van der Waals surface area (Å²) in [4.78, 5) is 0. The van der Waals surface area contributed by atoms with Gasteiger partial charge in [0.25, 0.3) is 0 Å². The van der Waals surface area contributed by atoms with E-state index in [-0.39, 0.29) is 0 Å². The molecule has 1 saturated heterocycles. The van der Waals surface area contributed by atoms with Crippen LogP contribution in [0.2, 0.25) is 0 Å². The maximum atomic E-state index is 6.05. The molecule has 3 atom stereocenters. The van der Waals surface area contributed by atoms with E-state index in [2.05, 4.69) is 13.8 Å². The molecule has 3 unspecified atom stereocenters. The molecule has 0 bridgehead atoms. The molecule has 1 aliphatic heterocycles. The van der Waals surface area contributed by atoms with Gasteiger partial charge < -0.3 is 10.5 Å². The van der Waals surface area contributed by atoms with E-state index in [0.29, 0.717) is 12.1 Å². The summed E-state index contributed by atoms with van der Waals surface area (Å²) in [5.74, 6) is 0.761. The maximum Gasteiger partial charge on any atom is 0.0590 e. The van der Waals surface area contributed by atoms with Crippen LogP contribution in [0.4, 0.5) is 0 Å². The average Bonchev–Trinajstić information content (AvgIpc) is 2.56. The molecule has 1 fully saturated rings. The van der Waals surface area contributed by atoms with Crippen molar-refractivity contribution in [2.75, 3.05) is 6.61 Å². The Morgan fingerprint density at radius 2 is 2.31 bits per heavy atom. The molecule has 1 rings (SSSR count). The molecule has 0 aliphatic carbocycles. The smallest absolute Gasteiger partial charge is 0.0590 e. The van der Waals surface area contributed by atoms with Gasteiger partial charge >= 0.3 is 0 Å². The Morgan fingerprint density at radius 3 is 2.85 bits per heavy atom. The van der Waals surface area contributed by atoms with Gasteiger partial charge in [0.05, 0.1) is 6.10 Å². The van der Waals surface area contributed by atoms with E-state index in [1.807, 2.05) is 0 Å². The van der Waals surface area contributed by atoms with Gasteiger partial charge in [-0.15, -0.1) is 0 Å². The van der Waals surface area contributed by atoms with Crippen molar-refractivity contribution in [1.29, 1.82) is 0 Å². The number of hydrogen-bond donors (Lipinski definition) is 1. The number of nitrogens with two attached hydrogens (primary N) is 1. The van der Waals surface area contributed by atoms with Crippen LogP contribution in [-0.4, -0.2) is 18.8 Å². The third kappa shape index (κ3) is 4.10. The third-order valence-corrected chi connectivity index (χ3v) is 2.99. The van der Waals surface area contributed by atoms with Crippen LogP contribution in [0.3, 0.4) is 0 Å². The molecule has 2 N–H and O–H groups in total. The largest absolute Gasteiger partial charge is 0.378 e. The molecule has 0 aromatic heterocycles. The molecule has 0 aromatic carbocycles. The normalized spacial score (nSPS) is 27.5. The van der Waals surface area contributed by atoms with Gasteiger partial charge in [0, 0.05) is 12.6 Å². The van der Waals surface area contributed by atoms with Crippen molar-refractivity contribution in [3.63, 3.8) is 0 Å². The second-order valence-corrected chi connectivity index (χ2v) is 4.38. The molecule has 0 aromatic rings. The van der Waals surface area contributed by atoms with E-state index in [4.69, 9.17) is 10.5 Å². The van der Waals surface area contributed by atoms with Crippen LogP contribution in [0.25, 0.3) is 0 Å². The van der Waals surface area contributed by atoms with Crippen LogP contribution in [0.5, 0.6) is 0 Å². The van der Waals surface area contributed by atoms with E-state index in [1.54, 1.807) is 0 Å². The van der Waals surface area contributed by atoms with E-state index in [9.17, 15) is 0 Å². The minimum absolute atomic E-state index is 0.345. The molecule has 1 heterocycles. The van der Waals surface area contributed by atoms with E-state index in [0.717, 1.165) is 25.4 Å². The summed E-state index contributed by atoms with van der Waals surface area (Å²) in [6, 6.07) is 0.345. The van der Waals surface area contributed by atoms with Crippen molar-refractivity contribution >= 4 is 0 Å². The highest BCUT2D eigenvalue weighted by atomic mass is 16.5. The summed E-state index contributed by atoms with van der Waals surface area (Å²) < 4.78 is 5.56. The van der Waals surface area contributed by atoms with Gasteiger partial charge in [-0.3, -0.25) is 0 Å². The van der Waals surface area contributed by atoms with Gasteiger partial charge in [0.1, 0.15) is 0 Å². The summed E-state index contributed by atoms with van der Waals surface area (Å²) in [6.45, 7) is 5.44. The highest BCUT2D eigenvalue weighted by Gasteiger charge is 2.19. The molecular weight excluding hydrogens is 162 g/mol. The van der Waals surface area contributed by atoms with Crippen molar-refractivity contribution in [2.45, 2.75) is 58.1 Å². The molecule has 0 spiro atoms. The van der Waals surface area contributed by atoms with E-state index < -0.39 is 0 Å². The van der Waals surface area contributed by atoms with Crippen molar-refractivity contribution < 1.29 is 4.74 Å². The zero-order chi connectivity index (χ0) is 9.68. The maximum absolute atomic E-state index is 6.05. The zero-order valence-electron chi connectivity index (χ0n) is 8.96. The van der Waals surface area contributed by atoms with Crippen LogP contribution < -0.4 is 5.73 Å². The monoisotopic (exact) mass is 185 g/mol. The van der Waals surface area contributed by atoms with Crippen molar-refractivity contribution in [3.8, 4) is 0 Å². The molecule has 13 heavy (non-hydrogen) atoms. The van der Waals surface area contributed by atoms with Crippen LogP contribution in [0.15, 0.2) is 0 Å². The zero-order valence-corrected chi connectivity index (χ0v) is 8.96. The lowest BCUT2D eigenvalue weighted by Gasteiger charge is -2.18. The lowest BCUT2D eigenvalue weighted by atomic mass is 9.95. The molecule has 2 heteroatoms. The van der Waals surface area contributed by atoms with Gasteiger partial charge in [0.2, 0.25) is 0 Å². The number of rotatable bonds is 5. The first-order chi connectivity index (χ1) is 6.22. The lowest BCUT2D eigenvalue weighted by molar-refractivity contribution is 0.0961. The Hall–Kier alpha value is -0.0800. The molecule has 0 radical (unpaired) electrons. The van der Waals surface area contributed by atoms with Crippen molar-refractivity contribution in [1.82, 2.24) is 0 Å². The fraction of sp³-hybridized carbons (Fsp3) is 1.00. The van der Waals surface area contributed by atoms with Crippen LogP contribution in [0, 0.1) is 5.92 Å². The molecule has 2 nitrogen and oxygen atoms in total. The second kappa shape index (κ2) is 5.61. The fourth-order valence-corrected chi connectivity index (χ4v) is 1.95. The first kappa shape index (κ1) is 11.0. The highest BCUT2D eigenvalue weighted by Crippen LogP contribution is 2.19. The Bertz CT molecular complexity index is 132. The Balaban J connectivity index is 2.12. The van der Waals surface area contributed by atoms with Crippen molar-refractivity contribution in [2.24, 2.45) is 11.7 Å². The molecule has 1 aliphatic rings. The van der Waals surface area contributed by atoms with E-state index >= 15 is 0 Å². The minimum Gasteiger partial charge on any atom is -0.378 e. The van der Waals surface area contributed by atoms with E-state index in [1.165, 1.54) is 19.3 Å². The topological polar surface area (TPSA) is 35.2 Å². The summed E-state index contributed by atoms with van der Waals surface area (Å²) in [6.07, 6.45) is 6.34. The van der Waals surface area contributed by atoms with Crippen LogP contribution in [0.1, 0.15) is 46.0 Å². The second-order valence-electron chi connectivity index (χ2n) is 4.38. The average molecular weight is 185 g/mol. The highest BCUT2D eigenvalue weighted by molar-refractivity contribution is 4.73. The summed E-state index contributed by atoms with van der Waals surface area (Å²) in [7, 11) is 0. The molecule has 78 valence electrons. The summed E-state index contributed by atoms with van der Waals surface area (Å²) >= 11 is 0. The Labute approximate surface area is 81.8 Å².